The molecule has 0 N–H and O–H groups in total. The molecule has 0 spiro atoms. The van der Waals surface area contributed by atoms with Gasteiger partial charge in [0.15, 0.2) is 0 Å². The Labute approximate surface area is 81.2 Å². The highest BCUT2D eigenvalue weighted by molar-refractivity contribution is 5.45. The van der Waals surface area contributed by atoms with Crippen LogP contribution < -0.4 is 0 Å². The van der Waals surface area contributed by atoms with Crippen molar-refractivity contribution in [2.75, 3.05) is 0 Å². The average molecular weight is 172 g/mol. The molecule has 1 aromatic rings. The summed E-state index contributed by atoms with van der Waals surface area (Å²) in [6, 6.07) is 10.0. The van der Waals surface area contributed by atoms with Crippen molar-refractivity contribution >= 4 is 6.08 Å². The molecule has 13 heavy (non-hydrogen) atoms. The third-order valence-electron chi connectivity index (χ3n) is 1.04. The van der Waals surface area contributed by atoms with Gasteiger partial charge in [0.25, 0.3) is 0 Å². The Kier molecular flexibility index (Phi) is 13.6. The van der Waals surface area contributed by atoms with Crippen molar-refractivity contribution in [2.24, 2.45) is 0 Å². The SMILES string of the molecule is C=C.C=C=C.C=Cc1ccccc1. The van der Waals surface area contributed by atoms with Gasteiger partial charge in [0.1, 0.15) is 0 Å². The van der Waals surface area contributed by atoms with Crippen molar-refractivity contribution in [1.82, 2.24) is 0 Å². The van der Waals surface area contributed by atoms with Gasteiger partial charge in [0, 0.05) is 0 Å². The lowest BCUT2D eigenvalue weighted by molar-refractivity contribution is 1.67. The van der Waals surface area contributed by atoms with Crippen molar-refractivity contribution < 1.29 is 0 Å². The van der Waals surface area contributed by atoms with E-state index >= 15 is 0 Å². The Morgan fingerprint density at radius 3 is 1.62 bits per heavy atom. The van der Waals surface area contributed by atoms with Gasteiger partial charge in [-0.25, -0.2) is 0 Å². The molecule has 0 aliphatic heterocycles. The summed E-state index contributed by atoms with van der Waals surface area (Å²) in [7, 11) is 0. The number of hydrogen-bond donors (Lipinski definition) is 0. The maximum absolute atomic E-state index is 3.63. The first-order valence-electron chi connectivity index (χ1n) is 3.81. The van der Waals surface area contributed by atoms with Crippen LogP contribution in [-0.2, 0) is 0 Å². The number of rotatable bonds is 1. The standard InChI is InChI=1S/C8H8.C3H4.C2H4/c1-2-8-6-4-3-5-7-8;1-3-2;1-2/h2-7H,1H2;1-2H2;1-2H2. The molecule has 0 nitrogen and oxygen atoms in total. The van der Waals surface area contributed by atoms with Gasteiger partial charge in [-0.3, -0.25) is 0 Å². The molecular weight excluding hydrogens is 156 g/mol. The highest BCUT2D eigenvalue weighted by Crippen LogP contribution is 1.97. The van der Waals surface area contributed by atoms with E-state index in [0.717, 1.165) is 0 Å². The second kappa shape index (κ2) is 12.9. The van der Waals surface area contributed by atoms with Gasteiger partial charge in [-0.15, -0.1) is 18.9 Å². The first-order chi connectivity index (χ1) is 6.35. The first-order valence-corrected chi connectivity index (χ1v) is 3.81. The van der Waals surface area contributed by atoms with E-state index in [9.17, 15) is 0 Å². The largest absolute Gasteiger partial charge is 0.137 e. The molecule has 1 aromatic carbocycles. The van der Waals surface area contributed by atoms with E-state index in [1.165, 1.54) is 5.56 Å². The third-order valence-corrected chi connectivity index (χ3v) is 1.04. The Hall–Kier alpha value is -1.78. The van der Waals surface area contributed by atoms with Crippen LogP contribution >= 0.6 is 0 Å². The van der Waals surface area contributed by atoms with Crippen LogP contribution in [0.1, 0.15) is 5.56 Å². The van der Waals surface area contributed by atoms with Gasteiger partial charge in [0.2, 0.25) is 0 Å². The van der Waals surface area contributed by atoms with Crippen LogP contribution in [0, 0.1) is 0 Å². The van der Waals surface area contributed by atoms with Gasteiger partial charge in [0.05, 0.1) is 0 Å². The monoisotopic (exact) mass is 172 g/mol. The zero-order chi connectivity index (χ0) is 10.5. The van der Waals surface area contributed by atoms with Crippen LogP contribution in [0.5, 0.6) is 0 Å². The highest BCUT2D eigenvalue weighted by atomic mass is 13.8. The van der Waals surface area contributed by atoms with Crippen LogP contribution in [-0.4, -0.2) is 0 Å². The smallest absolute Gasteiger partial charge is 0.0263 e. The Bertz CT molecular complexity index is 238. The molecule has 1 rings (SSSR count). The predicted octanol–water partition coefficient (Wildman–Crippen LogP) is 4.09. The molecular formula is C13H16. The topological polar surface area (TPSA) is 0 Å². The molecule has 0 atom stereocenters. The first kappa shape index (κ1) is 13.8. The van der Waals surface area contributed by atoms with Gasteiger partial charge in [-0.2, -0.15) is 0 Å². The lowest BCUT2D eigenvalue weighted by atomic mass is 10.2. The minimum absolute atomic E-state index is 1.17. The van der Waals surface area contributed by atoms with Crippen LogP contribution in [0.4, 0.5) is 0 Å². The summed E-state index contributed by atoms with van der Waals surface area (Å²) in [5.74, 6) is 0. The Morgan fingerprint density at radius 1 is 1.00 bits per heavy atom. The molecule has 0 aliphatic rings. The summed E-state index contributed by atoms with van der Waals surface area (Å²) in [5.41, 5.74) is 3.42. The molecule has 0 amide bonds. The summed E-state index contributed by atoms with van der Waals surface area (Å²) >= 11 is 0. The van der Waals surface area contributed by atoms with E-state index in [1.54, 1.807) is 0 Å². The quantitative estimate of drug-likeness (QED) is 0.442. The second-order valence-electron chi connectivity index (χ2n) is 1.86. The number of hydrogen-bond acceptors (Lipinski definition) is 0. The third kappa shape index (κ3) is 10.2. The molecule has 0 saturated carbocycles. The average Bonchev–Trinajstić information content (AvgIpc) is 2.23. The summed E-state index contributed by atoms with van der Waals surface area (Å²) in [6.07, 6.45) is 1.83. The van der Waals surface area contributed by atoms with E-state index in [2.05, 4.69) is 38.6 Å². The van der Waals surface area contributed by atoms with Gasteiger partial charge >= 0.3 is 0 Å². The molecule has 0 fully saturated rings. The molecule has 0 heterocycles. The lowest BCUT2D eigenvalue weighted by Gasteiger charge is -1.85. The molecule has 68 valence electrons. The fourth-order valence-electron chi connectivity index (χ4n) is 0.589. The molecule has 0 bridgehead atoms. The zero-order valence-corrected chi connectivity index (χ0v) is 8.00. The van der Waals surface area contributed by atoms with Crippen LogP contribution in [0.3, 0.4) is 0 Å². The molecule has 0 aromatic heterocycles. The predicted molar refractivity (Wildman–Crippen MR) is 62.6 cm³/mol. The van der Waals surface area contributed by atoms with Crippen molar-refractivity contribution in [3.63, 3.8) is 0 Å². The van der Waals surface area contributed by atoms with Crippen LogP contribution in [0.2, 0.25) is 0 Å². The summed E-state index contributed by atoms with van der Waals surface area (Å²) in [4.78, 5) is 0. The normalized spacial score (nSPS) is 6.15. The van der Waals surface area contributed by atoms with Gasteiger partial charge in [-0.1, -0.05) is 56.1 Å². The molecule has 0 unspecified atom stereocenters. The minimum atomic E-state index is 1.17. The van der Waals surface area contributed by atoms with Crippen molar-refractivity contribution in [3.8, 4) is 0 Å². The Morgan fingerprint density at radius 2 is 1.38 bits per heavy atom. The van der Waals surface area contributed by atoms with Gasteiger partial charge in [-0.05, 0) is 5.56 Å². The maximum Gasteiger partial charge on any atom is -0.0263 e. The van der Waals surface area contributed by atoms with E-state index in [0.29, 0.717) is 0 Å². The molecule has 0 aliphatic carbocycles. The maximum atomic E-state index is 3.63. The lowest BCUT2D eigenvalue weighted by Crippen LogP contribution is -1.63. The minimum Gasteiger partial charge on any atom is -0.137 e. The van der Waals surface area contributed by atoms with Crippen LogP contribution in [0.25, 0.3) is 6.08 Å². The summed E-state index contributed by atoms with van der Waals surface area (Å²) in [6.45, 7) is 15.9. The second-order valence-corrected chi connectivity index (χ2v) is 1.86. The summed E-state index contributed by atoms with van der Waals surface area (Å²) < 4.78 is 0. The van der Waals surface area contributed by atoms with E-state index in [1.807, 2.05) is 36.4 Å². The molecule has 0 heteroatoms. The Balaban J connectivity index is 0. The highest BCUT2D eigenvalue weighted by Gasteiger charge is 1.75. The van der Waals surface area contributed by atoms with Crippen molar-refractivity contribution in [1.29, 1.82) is 0 Å². The molecule has 0 radical (unpaired) electrons. The van der Waals surface area contributed by atoms with E-state index in [4.69, 9.17) is 0 Å². The molecule has 0 saturated heterocycles. The fourth-order valence-corrected chi connectivity index (χ4v) is 0.589. The fraction of sp³-hybridized carbons (Fsp3) is 0. The summed E-state index contributed by atoms with van der Waals surface area (Å²) in [5, 5.41) is 0. The van der Waals surface area contributed by atoms with Gasteiger partial charge < -0.3 is 0 Å². The van der Waals surface area contributed by atoms with Crippen molar-refractivity contribution in [3.05, 3.63) is 74.5 Å². The van der Waals surface area contributed by atoms with Crippen molar-refractivity contribution in [2.45, 2.75) is 0 Å². The van der Waals surface area contributed by atoms with E-state index in [-0.39, 0.29) is 0 Å². The van der Waals surface area contributed by atoms with E-state index < -0.39 is 0 Å². The number of benzene rings is 1. The zero-order valence-electron chi connectivity index (χ0n) is 8.00. The van der Waals surface area contributed by atoms with Crippen LogP contribution in [0.15, 0.2) is 69.0 Å².